The Morgan fingerprint density at radius 3 is 1.64 bits per heavy atom. The van der Waals surface area contributed by atoms with Crippen molar-refractivity contribution >= 4 is 0 Å². The minimum Gasteiger partial charge on any atom is -0.207 e. The van der Waals surface area contributed by atoms with Crippen LogP contribution >= 0.6 is 0 Å². The van der Waals surface area contributed by atoms with E-state index in [0.717, 1.165) is 0 Å². The molecule has 0 spiro atoms. The van der Waals surface area contributed by atoms with Crippen molar-refractivity contribution in [1.29, 1.82) is 0 Å². The zero-order valence-electron chi connectivity index (χ0n) is 9.69. The lowest BCUT2D eigenvalue weighted by molar-refractivity contribution is 0.225. The van der Waals surface area contributed by atoms with Crippen molar-refractivity contribution in [2.24, 2.45) is 5.41 Å². The number of halogens is 1. The van der Waals surface area contributed by atoms with Crippen LogP contribution in [-0.4, -0.2) is 0 Å². The summed E-state index contributed by atoms with van der Waals surface area (Å²) < 4.78 is 12.8. The van der Waals surface area contributed by atoms with Crippen LogP contribution in [-0.2, 0) is 5.41 Å². The number of benzene rings is 1. The van der Waals surface area contributed by atoms with Crippen LogP contribution < -0.4 is 0 Å². The van der Waals surface area contributed by atoms with Gasteiger partial charge in [0.2, 0.25) is 0 Å². The first kappa shape index (κ1) is 11.2. The van der Waals surface area contributed by atoms with Crippen LogP contribution in [0.4, 0.5) is 4.39 Å². The van der Waals surface area contributed by atoms with Crippen LogP contribution in [0.5, 0.6) is 0 Å². The molecule has 0 unspecified atom stereocenters. The van der Waals surface area contributed by atoms with E-state index in [1.165, 1.54) is 17.7 Å². The normalized spacial score (nSPS) is 13.0. The number of rotatable bonds is 1. The number of hydrogen-bond acceptors (Lipinski definition) is 0. The Morgan fingerprint density at radius 2 is 1.29 bits per heavy atom. The van der Waals surface area contributed by atoms with Gasteiger partial charge in [0.05, 0.1) is 0 Å². The molecular weight excluding hydrogens is 175 g/mol. The first-order valence-corrected chi connectivity index (χ1v) is 5.01. The molecule has 0 heterocycles. The fourth-order valence-corrected chi connectivity index (χ4v) is 1.30. The fraction of sp³-hybridized carbons (Fsp3) is 0.538. The van der Waals surface area contributed by atoms with E-state index in [4.69, 9.17) is 0 Å². The van der Waals surface area contributed by atoms with Crippen molar-refractivity contribution in [1.82, 2.24) is 0 Å². The molecular formula is C13H19F. The van der Waals surface area contributed by atoms with Gasteiger partial charge in [-0.05, 0) is 28.5 Å². The zero-order chi connectivity index (χ0) is 11.0. The van der Waals surface area contributed by atoms with E-state index in [0.29, 0.717) is 0 Å². The van der Waals surface area contributed by atoms with E-state index >= 15 is 0 Å². The summed E-state index contributed by atoms with van der Waals surface area (Å²) in [6.45, 7) is 11.0. The summed E-state index contributed by atoms with van der Waals surface area (Å²) in [5, 5.41) is 0. The first-order valence-electron chi connectivity index (χ1n) is 5.01. The molecule has 1 heteroatoms. The molecule has 78 valence electrons. The molecule has 0 atom stereocenters. The summed E-state index contributed by atoms with van der Waals surface area (Å²) in [6.07, 6.45) is 0. The lowest BCUT2D eigenvalue weighted by Crippen LogP contribution is -2.33. The molecule has 14 heavy (non-hydrogen) atoms. The highest BCUT2D eigenvalue weighted by atomic mass is 19.1. The monoisotopic (exact) mass is 194 g/mol. The van der Waals surface area contributed by atoms with Gasteiger partial charge in [-0.3, -0.25) is 0 Å². The SMILES string of the molecule is CC(C)(C)C(C)(C)c1ccc(F)cc1. The lowest BCUT2D eigenvalue weighted by Gasteiger charge is -2.39. The minimum absolute atomic E-state index is 0.0562. The van der Waals surface area contributed by atoms with Gasteiger partial charge < -0.3 is 0 Å². The predicted octanol–water partition coefficient (Wildman–Crippen LogP) is 4.15. The molecule has 0 nitrogen and oxygen atoms in total. The molecule has 1 rings (SSSR count). The van der Waals surface area contributed by atoms with Crippen molar-refractivity contribution in [2.75, 3.05) is 0 Å². The Kier molecular flexibility index (Phi) is 2.71. The highest BCUT2D eigenvalue weighted by Gasteiger charge is 2.34. The van der Waals surface area contributed by atoms with Gasteiger partial charge in [-0.2, -0.15) is 0 Å². The van der Waals surface area contributed by atoms with Crippen LogP contribution in [0.2, 0.25) is 0 Å². The van der Waals surface area contributed by atoms with Gasteiger partial charge >= 0.3 is 0 Å². The Bertz CT molecular complexity index is 301. The third kappa shape index (κ3) is 1.97. The van der Waals surface area contributed by atoms with E-state index in [1.54, 1.807) is 0 Å². The molecule has 1 aromatic rings. The van der Waals surface area contributed by atoms with Crippen LogP contribution in [0.15, 0.2) is 24.3 Å². The summed E-state index contributed by atoms with van der Waals surface area (Å²) >= 11 is 0. The maximum Gasteiger partial charge on any atom is 0.123 e. The standard InChI is InChI=1S/C13H19F/c1-12(2,3)13(4,5)10-6-8-11(14)9-7-10/h6-9H,1-5H3. The molecule has 0 amide bonds. The second kappa shape index (κ2) is 3.38. The highest BCUT2D eigenvalue weighted by Crippen LogP contribution is 2.40. The van der Waals surface area contributed by atoms with Crippen molar-refractivity contribution < 1.29 is 4.39 Å². The van der Waals surface area contributed by atoms with Crippen LogP contribution in [0.3, 0.4) is 0 Å². The zero-order valence-corrected chi connectivity index (χ0v) is 9.69. The second-order valence-corrected chi connectivity index (χ2v) is 5.38. The van der Waals surface area contributed by atoms with Gasteiger partial charge in [-0.15, -0.1) is 0 Å². The molecule has 0 aliphatic carbocycles. The van der Waals surface area contributed by atoms with Crippen molar-refractivity contribution in [3.63, 3.8) is 0 Å². The predicted molar refractivity (Wildman–Crippen MR) is 58.9 cm³/mol. The molecule has 0 bridgehead atoms. The van der Waals surface area contributed by atoms with Crippen LogP contribution in [0.25, 0.3) is 0 Å². The Labute approximate surface area is 86.2 Å². The topological polar surface area (TPSA) is 0 Å². The van der Waals surface area contributed by atoms with Crippen molar-refractivity contribution in [3.05, 3.63) is 35.6 Å². The molecule has 0 radical (unpaired) electrons. The van der Waals surface area contributed by atoms with E-state index < -0.39 is 0 Å². The van der Waals surface area contributed by atoms with Gasteiger partial charge in [0.25, 0.3) is 0 Å². The maximum atomic E-state index is 12.8. The largest absolute Gasteiger partial charge is 0.207 e. The molecule has 0 aromatic heterocycles. The van der Waals surface area contributed by atoms with E-state index in [9.17, 15) is 4.39 Å². The molecule has 0 aliphatic heterocycles. The molecule has 0 aliphatic rings. The number of hydrogen-bond donors (Lipinski definition) is 0. The highest BCUT2D eigenvalue weighted by molar-refractivity contribution is 5.26. The molecule has 0 fully saturated rings. The van der Waals surface area contributed by atoms with Gasteiger partial charge in [0.1, 0.15) is 5.82 Å². The van der Waals surface area contributed by atoms with Gasteiger partial charge in [0, 0.05) is 0 Å². The van der Waals surface area contributed by atoms with Crippen molar-refractivity contribution in [2.45, 2.75) is 40.0 Å². The summed E-state index contributed by atoms with van der Waals surface area (Å²) in [7, 11) is 0. The van der Waals surface area contributed by atoms with E-state index in [2.05, 4.69) is 34.6 Å². The van der Waals surface area contributed by atoms with Crippen LogP contribution in [0.1, 0.15) is 40.2 Å². The average Bonchev–Trinajstić information content (AvgIpc) is 2.03. The summed E-state index contributed by atoms with van der Waals surface area (Å²) in [5.74, 6) is -0.168. The molecule has 1 aromatic carbocycles. The molecule has 0 N–H and O–H groups in total. The maximum absolute atomic E-state index is 12.8. The lowest BCUT2D eigenvalue weighted by atomic mass is 9.65. The Balaban J connectivity index is 3.10. The first-order chi connectivity index (χ1) is 6.25. The average molecular weight is 194 g/mol. The second-order valence-electron chi connectivity index (χ2n) is 5.38. The van der Waals surface area contributed by atoms with E-state index in [-0.39, 0.29) is 16.6 Å². The minimum atomic E-state index is -0.168. The Morgan fingerprint density at radius 1 is 0.857 bits per heavy atom. The summed E-state index contributed by atoms with van der Waals surface area (Å²) in [5.41, 5.74) is 1.41. The molecule has 0 saturated heterocycles. The quantitative estimate of drug-likeness (QED) is 0.630. The van der Waals surface area contributed by atoms with Crippen LogP contribution in [0, 0.1) is 11.2 Å². The third-order valence-corrected chi connectivity index (χ3v) is 3.44. The molecule has 0 saturated carbocycles. The smallest absolute Gasteiger partial charge is 0.123 e. The van der Waals surface area contributed by atoms with E-state index in [1.807, 2.05) is 12.1 Å². The fourth-order valence-electron chi connectivity index (χ4n) is 1.30. The third-order valence-electron chi connectivity index (χ3n) is 3.44. The summed E-state index contributed by atoms with van der Waals surface area (Å²) in [6, 6.07) is 6.81. The van der Waals surface area contributed by atoms with Gasteiger partial charge in [-0.25, -0.2) is 4.39 Å². The van der Waals surface area contributed by atoms with Gasteiger partial charge in [-0.1, -0.05) is 46.8 Å². The summed E-state index contributed by atoms with van der Waals surface area (Å²) in [4.78, 5) is 0. The van der Waals surface area contributed by atoms with Crippen molar-refractivity contribution in [3.8, 4) is 0 Å². The van der Waals surface area contributed by atoms with Gasteiger partial charge in [0.15, 0.2) is 0 Å². The Hall–Kier alpha value is -0.850.